The standard InChI is InChI=1S/C19H28N6O/c1-2-25-14-16(12-22-25)13-24-5-3-19(4-6-24)8-17(9-19)23-18(26)7-15-10-20-21-11-15/h10-12,14,17H,2-9,13H2,1H3,(H,20,21)(H,23,26). The van der Waals surface area contributed by atoms with Gasteiger partial charge in [-0.25, -0.2) is 0 Å². The smallest absolute Gasteiger partial charge is 0.224 e. The Kier molecular flexibility index (Phi) is 4.80. The van der Waals surface area contributed by atoms with Crippen LogP contribution in [0.4, 0.5) is 0 Å². The summed E-state index contributed by atoms with van der Waals surface area (Å²) in [7, 11) is 0. The summed E-state index contributed by atoms with van der Waals surface area (Å²) in [5, 5.41) is 14.2. The molecule has 7 nitrogen and oxygen atoms in total. The molecule has 1 amide bonds. The van der Waals surface area contributed by atoms with Crippen LogP contribution in [-0.2, 0) is 24.3 Å². The first kappa shape index (κ1) is 17.3. The fraction of sp³-hybridized carbons (Fsp3) is 0.632. The van der Waals surface area contributed by atoms with Gasteiger partial charge in [0.1, 0.15) is 0 Å². The third-order valence-corrected chi connectivity index (χ3v) is 5.98. The first-order valence-corrected chi connectivity index (χ1v) is 9.65. The highest BCUT2D eigenvalue weighted by Gasteiger charge is 2.46. The molecule has 0 unspecified atom stereocenters. The molecule has 3 heterocycles. The van der Waals surface area contributed by atoms with Crippen molar-refractivity contribution in [3.05, 3.63) is 35.9 Å². The molecule has 2 aliphatic rings. The quantitative estimate of drug-likeness (QED) is 0.826. The fourth-order valence-corrected chi connectivity index (χ4v) is 4.44. The molecule has 2 aromatic rings. The molecular weight excluding hydrogens is 328 g/mol. The third-order valence-electron chi connectivity index (χ3n) is 5.98. The number of carbonyl (C=O) groups is 1. The molecule has 7 heteroatoms. The van der Waals surface area contributed by atoms with Gasteiger partial charge in [-0.2, -0.15) is 10.2 Å². The van der Waals surface area contributed by atoms with E-state index >= 15 is 0 Å². The Balaban J connectivity index is 1.19. The highest BCUT2D eigenvalue weighted by atomic mass is 16.1. The zero-order valence-corrected chi connectivity index (χ0v) is 15.4. The van der Waals surface area contributed by atoms with Gasteiger partial charge in [0.15, 0.2) is 0 Å². The molecule has 0 atom stereocenters. The van der Waals surface area contributed by atoms with Crippen molar-refractivity contribution in [2.45, 2.75) is 58.2 Å². The van der Waals surface area contributed by atoms with E-state index in [-0.39, 0.29) is 5.91 Å². The highest BCUT2D eigenvalue weighted by molar-refractivity contribution is 5.78. The second-order valence-corrected chi connectivity index (χ2v) is 7.94. The number of nitrogens with zero attached hydrogens (tertiary/aromatic N) is 4. The Morgan fingerprint density at radius 2 is 2.12 bits per heavy atom. The molecule has 0 aromatic carbocycles. The van der Waals surface area contributed by atoms with Gasteiger partial charge in [0.05, 0.1) is 18.8 Å². The van der Waals surface area contributed by atoms with E-state index in [1.165, 1.54) is 18.4 Å². The molecule has 2 aromatic heterocycles. The van der Waals surface area contributed by atoms with Crippen LogP contribution in [-0.4, -0.2) is 49.9 Å². The maximum Gasteiger partial charge on any atom is 0.224 e. The lowest BCUT2D eigenvalue weighted by molar-refractivity contribution is -0.123. The summed E-state index contributed by atoms with van der Waals surface area (Å²) in [6, 6.07) is 0.351. The van der Waals surface area contributed by atoms with E-state index < -0.39 is 0 Å². The lowest BCUT2D eigenvalue weighted by Crippen LogP contribution is -2.55. The maximum atomic E-state index is 12.1. The first-order chi connectivity index (χ1) is 12.6. The number of likely N-dealkylation sites (tertiary alicyclic amines) is 1. The SMILES string of the molecule is CCn1cc(CN2CCC3(CC2)CC(NC(=O)Cc2cn[nH]c2)C3)cn1. The van der Waals surface area contributed by atoms with Crippen molar-refractivity contribution in [1.29, 1.82) is 0 Å². The van der Waals surface area contributed by atoms with Crippen molar-refractivity contribution in [3.8, 4) is 0 Å². The molecule has 1 spiro atoms. The highest BCUT2D eigenvalue weighted by Crippen LogP contribution is 2.49. The summed E-state index contributed by atoms with van der Waals surface area (Å²) in [6.07, 6.45) is 12.8. The van der Waals surface area contributed by atoms with Gasteiger partial charge in [-0.3, -0.25) is 19.5 Å². The molecule has 0 radical (unpaired) electrons. The largest absolute Gasteiger partial charge is 0.353 e. The second-order valence-electron chi connectivity index (χ2n) is 7.94. The summed E-state index contributed by atoms with van der Waals surface area (Å²) in [4.78, 5) is 14.6. The summed E-state index contributed by atoms with van der Waals surface area (Å²) in [5.74, 6) is 0.108. The summed E-state index contributed by atoms with van der Waals surface area (Å²) in [6.45, 7) is 6.33. The number of aromatic amines is 1. The molecule has 1 saturated carbocycles. The number of piperidine rings is 1. The summed E-state index contributed by atoms with van der Waals surface area (Å²) < 4.78 is 1.99. The number of hydrogen-bond acceptors (Lipinski definition) is 4. The Labute approximate surface area is 154 Å². The predicted octanol–water partition coefficient (Wildman–Crippen LogP) is 1.73. The van der Waals surface area contributed by atoms with Crippen LogP contribution < -0.4 is 5.32 Å². The van der Waals surface area contributed by atoms with Crippen LogP contribution >= 0.6 is 0 Å². The fourth-order valence-electron chi connectivity index (χ4n) is 4.44. The Morgan fingerprint density at radius 3 is 2.77 bits per heavy atom. The van der Waals surface area contributed by atoms with Crippen LogP contribution in [0.5, 0.6) is 0 Å². The number of aromatic nitrogens is 4. The van der Waals surface area contributed by atoms with E-state index in [0.717, 1.165) is 44.6 Å². The molecule has 4 rings (SSSR count). The third kappa shape index (κ3) is 3.82. The first-order valence-electron chi connectivity index (χ1n) is 9.65. The van der Waals surface area contributed by atoms with Gasteiger partial charge in [-0.05, 0) is 56.7 Å². The normalized spacial score (nSPS) is 20.2. The van der Waals surface area contributed by atoms with Gasteiger partial charge >= 0.3 is 0 Å². The van der Waals surface area contributed by atoms with Crippen molar-refractivity contribution in [2.75, 3.05) is 13.1 Å². The molecule has 140 valence electrons. The van der Waals surface area contributed by atoms with Gasteiger partial charge in [-0.1, -0.05) is 0 Å². The molecular formula is C19H28N6O. The van der Waals surface area contributed by atoms with Gasteiger partial charge < -0.3 is 5.32 Å². The lowest BCUT2D eigenvalue weighted by atomic mass is 9.60. The number of amides is 1. The van der Waals surface area contributed by atoms with Crippen molar-refractivity contribution in [3.63, 3.8) is 0 Å². The van der Waals surface area contributed by atoms with Gasteiger partial charge in [0.2, 0.25) is 5.91 Å². The van der Waals surface area contributed by atoms with Crippen LogP contribution in [0.2, 0.25) is 0 Å². The van der Waals surface area contributed by atoms with Crippen LogP contribution in [0, 0.1) is 5.41 Å². The van der Waals surface area contributed by atoms with Gasteiger partial charge in [0, 0.05) is 37.1 Å². The second kappa shape index (κ2) is 7.23. The minimum atomic E-state index is 0.108. The van der Waals surface area contributed by atoms with Crippen LogP contribution in [0.1, 0.15) is 43.7 Å². The average molecular weight is 356 g/mol. The van der Waals surface area contributed by atoms with Crippen molar-refractivity contribution >= 4 is 5.91 Å². The molecule has 1 saturated heterocycles. The number of hydrogen-bond donors (Lipinski definition) is 2. The van der Waals surface area contributed by atoms with E-state index in [2.05, 4.69) is 38.6 Å². The zero-order chi connectivity index (χ0) is 18.0. The monoisotopic (exact) mass is 356 g/mol. The van der Waals surface area contributed by atoms with Gasteiger partial charge in [0.25, 0.3) is 0 Å². The zero-order valence-electron chi connectivity index (χ0n) is 15.4. The van der Waals surface area contributed by atoms with Crippen molar-refractivity contribution in [2.24, 2.45) is 5.41 Å². The number of H-pyrrole nitrogens is 1. The van der Waals surface area contributed by atoms with Crippen LogP contribution in [0.25, 0.3) is 0 Å². The van der Waals surface area contributed by atoms with Crippen molar-refractivity contribution in [1.82, 2.24) is 30.2 Å². The lowest BCUT2D eigenvalue weighted by Gasteiger charge is -2.52. The maximum absolute atomic E-state index is 12.1. The van der Waals surface area contributed by atoms with E-state index in [0.29, 0.717) is 17.9 Å². The number of rotatable bonds is 6. The number of nitrogens with one attached hydrogen (secondary N) is 2. The molecule has 1 aliphatic heterocycles. The molecule has 2 N–H and O–H groups in total. The number of carbonyl (C=O) groups excluding carboxylic acids is 1. The molecule has 26 heavy (non-hydrogen) atoms. The van der Waals surface area contributed by atoms with Gasteiger partial charge in [-0.15, -0.1) is 0 Å². The van der Waals surface area contributed by atoms with E-state index in [4.69, 9.17) is 0 Å². The average Bonchev–Trinajstić information content (AvgIpc) is 3.27. The van der Waals surface area contributed by atoms with Crippen molar-refractivity contribution < 1.29 is 4.79 Å². The molecule has 2 fully saturated rings. The summed E-state index contributed by atoms with van der Waals surface area (Å²) >= 11 is 0. The molecule has 0 bridgehead atoms. The topological polar surface area (TPSA) is 78.8 Å². The molecule has 1 aliphatic carbocycles. The Hall–Kier alpha value is -2.15. The minimum absolute atomic E-state index is 0.108. The van der Waals surface area contributed by atoms with Crippen LogP contribution in [0.3, 0.4) is 0 Å². The van der Waals surface area contributed by atoms with E-state index in [9.17, 15) is 4.79 Å². The van der Waals surface area contributed by atoms with Crippen LogP contribution in [0.15, 0.2) is 24.8 Å². The Bertz CT molecular complexity index is 721. The summed E-state index contributed by atoms with van der Waals surface area (Å²) in [5.41, 5.74) is 2.70. The van der Waals surface area contributed by atoms with E-state index in [1.807, 2.05) is 10.9 Å². The Morgan fingerprint density at radius 1 is 1.31 bits per heavy atom. The predicted molar refractivity (Wildman–Crippen MR) is 98.3 cm³/mol. The number of aryl methyl sites for hydroxylation is 1. The minimum Gasteiger partial charge on any atom is -0.353 e. The van der Waals surface area contributed by atoms with E-state index in [1.54, 1.807) is 12.4 Å².